The van der Waals surface area contributed by atoms with Gasteiger partial charge in [0.05, 0.1) is 15.5 Å². The van der Waals surface area contributed by atoms with E-state index in [1.165, 1.54) is 31.7 Å². The van der Waals surface area contributed by atoms with Gasteiger partial charge in [-0.25, -0.2) is 9.97 Å². The van der Waals surface area contributed by atoms with Crippen LogP contribution in [0.3, 0.4) is 0 Å². The highest BCUT2D eigenvalue weighted by Crippen LogP contribution is 2.57. The second kappa shape index (κ2) is 7.47. The van der Waals surface area contributed by atoms with Crippen LogP contribution in [-0.4, -0.2) is 20.4 Å². The SMILES string of the molecule is O=[N+]([O-])c1c(Nc2ccc(Cl)c(C(F)(F)F)c2)ncnc1NC12CC3CC(CC(C3)C1)C2. The number of rotatable bonds is 5. The summed E-state index contributed by atoms with van der Waals surface area (Å²) in [5.74, 6) is 1.80. The van der Waals surface area contributed by atoms with Crippen LogP contribution in [0.15, 0.2) is 24.5 Å². The van der Waals surface area contributed by atoms with Crippen LogP contribution in [0.5, 0.6) is 0 Å². The molecule has 0 unspecified atom stereocenters. The predicted octanol–water partition coefficient (Wildman–Crippen LogP) is 6.18. The zero-order valence-electron chi connectivity index (χ0n) is 17.0. The van der Waals surface area contributed by atoms with E-state index >= 15 is 0 Å². The van der Waals surface area contributed by atoms with Crippen molar-refractivity contribution in [3.05, 3.63) is 45.2 Å². The van der Waals surface area contributed by atoms with E-state index in [1.807, 2.05) is 0 Å². The number of nitrogens with zero attached hydrogens (tertiary/aromatic N) is 3. The highest BCUT2D eigenvalue weighted by molar-refractivity contribution is 6.31. The molecule has 6 rings (SSSR count). The Morgan fingerprint density at radius 3 is 2.22 bits per heavy atom. The van der Waals surface area contributed by atoms with Crippen molar-refractivity contribution in [3.63, 3.8) is 0 Å². The van der Waals surface area contributed by atoms with Gasteiger partial charge in [-0.2, -0.15) is 13.2 Å². The van der Waals surface area contributed by atoms with Gasteiger partial charge in [0.15, 0.2) is 0 Å². The molecule has 32 heavy (non-hydrogen) atoms. The number of aromatic nitrogens is 2. The molecule has 1 aromatic carbocycles. The molecule has 0 spiro atoms. The highest BCUT2D eigenvalue weighted by atomic mass is 35.5. The first kappa shape index (κ1) is 21.2. The second-order valence-corrected chi connectivity index (χ2v) is 9.72. The van der Waals surface area contributed by atoms with Crippen LogP contribution >= 0.6 is 11.6 Å². The summed E-state index contributed by atoms with van der Waals surface area (Å²) in [4.78, 5) is 19.4. The van der Waals surface area contributed by atoms with Crippen LogP contribution in [0, 0.1) is 27.9 Å². The number of nitro groups is 1. The van der Waals surface area contributed by atoms with Gasteiger partial charge in [-0.3, -0.25) is 10.1 Å². The smallest absolute Gasteiger partial charge is 0.359 e. The third kappa shape index (κ3) is 3.85. The van der Waals surface area contributed by atoms with Gasteiger partial charge in [0, 0.05) is 11.2 Å². The van der Waals surface area contributed by atoms with Gasteiger partial charge in [-0.05, 0) is 74.5 Å². The first-order valence-corrected chi connectivity index (χ1v) is 10.9. The van der Waals surface area contributed by atoms with Crippen molar-refractivity contribution in [1.82, 2.24) is 9.97 Å². The third-order valence-corrected chi connectivity index (χ3v) is 7.29. The molecule has 170 valence electrons. The Hall–Kier alpha value is -2.62. The van der Waals surface area contributed by atoms with Gasteiger partial charge in [0.2, 0.25) is 11.6 Å². The molecule has 0 saturated heterocycles. The predicted molar refractivity (Wildman–Crippen MR) is 113 cm³/mol. The van der Waals surface area contributed by atoms with Gasteiger partial charge in [0.1, 0.15) is 6.33 Å². The Morgan fingerprint density at radius 2 is 1.66 bits per heavy atom. The van der Waals surface area contributed by atoms with Gasteiger partial charge in [-0.1, -0.05) is 11.6 Å². The maximum Gasteiger partial charge on any atom is 0.417 e. The van der Waals surface area contributed by atoms with Crippen LogP contribution in [-0.2, 0) is 6.18 Å². The second-order valence-electron chi connectivity index (χ2n) is 9.32. The quantitative estimate of drug-likeness (QED) is 0.403. The van der Waals surface area contributed by atoms with Gasteiger partial charge >= 0.3 is 11.9 Å². The van der Waals surface area contributed by atoms with Crippen molar-refractivity contribution in [2.45, 2.75) is 50.2 Å². The number of nitrogens with one attached hydrogen (secondary N) is 2. The Kier molecular flexibility index (Phi) is 4.96. The lowest BCUT2D eigenvalue weighted by Gasteiger charge is -2.57. The van der Waals surface area contributed by atoms with Gasteiger partial charge < -0.3 is 10.6 Å². The molecule has 4 bridgehead atoms. The minimum atomic E-state index is -4.66. The molecule has 0 aliphatic heterocycles. The molecule has 1 heterocycles. The van der Waals surface area contributed by atoms with Crippen molar-refractivity contribution >= 4 is 34.6 Å². The van der Waals surface area contributed by atoms with Crippen molar-refractivity contribution in [2.75, 3.05) is 10.6 Å². The minimum Gasteiger partial charge on any atom is -0.359 e. The van der Waals surface area contributed by atoms with Crippen LogP contribution < -0.4 is 10.6 Å². The Labute approximate surface area is 186 Å². The molecule has 0 radical (unpaired) electrons. The first-order valence-electron chi connectivity index (χ1n) is 10.5. The van der Waals surface area contributed by atoms with Crippen molar-refractivity contribution in [1.29, 1.82) is 0 Å². The fraction of sp³-hybridized carbons (Fsp3) is 0.524. The summed E-state index contributed by atoms with van der Waals surface area (Å²) in [5.41, 5.74) is -1.65. The highest BCUT2D eigenvalue weighted by Gasteiger charge is 2.51. The summed E-state index contributed by atoms with van der Waals surface area (Å²) >= 11 is 5.67. The normalized spacial score (nSPS) is 28.6. The summed E-state index contributed by atoms with van der Waals surface area (Å²) < 4.78 is 39.6. The van der Waals surface area contributed by atoms with Crippen LogP contribution in [0.1, 0.15) is 44.1 Å². The molecule has 4 aliphatic rings. The molecule has 11 heteroatoms. The Bertz CT molecular complexity index is 1040. The zero-order valence-corrected chi connectivity index (χ0v) is 17.7. The van der Waals surface area contributed by atoms with Gasteiger partial charge in [-0.15, -0.1) is 0 Å². The molecular formula is C21H21ClF3N5O2. The summed E-state index contributed by atoms with van der Waals surface area (Å²) in [6, 6.07) is 3.21. The fourth-order valence-electron chi connectivity index (χ4n) is 6.21. The molecule has 0 amide bonds. The standard InChI is InChI=1S/C21H21ClF3N5O2/c22-16-2-1-14(6-15(16)21(23,24)25)28-18-17(30(31)32)19(27-10-26-18)29-20-7-11-3-12(8-20)5-13(4-11)9-20/h1-2,6,10-13H,3-5,7-9H2,(H2,26,27,28,29). The van der Waals surface area contributed by atoms with E-state index in [9.17, 15) is 23.3 Å². The lowest BCUT2D eigenvalue weighted by Crippen LogP contribution is -2.55. The number of hydrogen-bond donors (Lipinski definition) is 2. The summed E-state index contributed by atoms with van der Waals surface area (Å²) in [6.45, 7) is 0. The Morgan fingerprint density at radius 1 is 1.06 bits per heavy atom. The third-order valence-electron chi connectivity index (χ3n) is 6.96. The maximum absolute atomic E-state index is 13.2. The molecule has 4 aliphatic carbocycles. The lowest BCUT2D eigenvalue weighted by atomic mass is 9.53. The number of alkyl halides is 3. The van der Waals surface area contributed by atoms with Crippen LogP contribution in [0.4, 0.5) is 36.2 Å². The number of anilines is 3. The summed E-state index contributed by atoms with van der Waals surface area (Å²) in [7, 11) is 0. The number of hydrogen-bond acceptors (Lipinski definition) is 6. The summed E-state index contributed by atoms with van der Waals surface area (Å²) in [5, 5.41) is 17.5. The van der Waals surface area contributed by atoms with Crippen molar-refractivity contribution in [2.24, 2.45) is 17.8 Å². The molecule has 4 saturated carbocycles. The van der Waals surface area contributed by atoms with E-state index in [-0.39, 0.29) is 28.5 Å². The van der Waals surface area contributed by atoms with E-state index in [0.29, 0.717) is 17.8 Å². The van der Waals surface area contributed by atoms with Crippen LogP contribution in [0.25, 0.3) is 0 Å². The van der Waals surface area contributed by atoms with Crippen LogP contribution in [0.2, 0.25) is 5.02 Å². The molecule has 2 aromatic rings. The van der Waals surface area contributed by atoms with E-state index in [0.717, 1.165) is 31.4 Å². The lowest BCUT2D eigenvalue weighted by molar-refractivity contribution is -0.383. The number of benzene rings is 1. The first-order chi connectivity index (χ1) is 15.1. The summed E-state index contributed by atoms with van der Waals surface area (Å²) in [6.07, 6.45) is 3.04. The average Bonchev–Trinajstić information content (AvgIpc) is 2.67. The minimum absolute atomic E-state index is 0.00993. The fourth-order valence-corrected chi connectivity index (χ4v) is 6.43. The molecule has 7 nitrogen and oxygen atoms in total. The molecule has 1 aromatic heterocycles. The largest absolute Gasteiger partial charge is 0.417 e. The topological polar surface area (TPSA) is 93.0 Å². The molecule has 0 atom stereocenters. The molecular weight excluding hydrogens is 447 g/mol. The van der Waals surface area contributed by atoms with E-state index in [1.54, 1.807) is 0 Å². The number of halogens is 4. The monoisotopic (exact) mass is 467 g/mol. The molecule has 2 N–H and O–H groups in total. The van der Waals surface area contributed by atoms with E-state index in [2.05, 4.69) is 20.6 Å². The van der Waals surface area contributed by atoms with E-state index in [4.69, 9.17) is 11.6 Å². The van der Waals surface area contributed by atoms with Gasteiger partial charge in [0.25, 0.3) is 0 Å². The molecule has 4 fully saturated rings. The maximum atomic E-state index is 13.2. The zero-order chi connectivity index (χ0) is 22.7. The van der Waals surface area contributed by atoms with Crippen molar-refractivity contribution < 1.29 is 18.1 Å². The van der Waals surface area contributed by atoms with E-state index < -0.39 is 21.7 Å². The average molecular weight is 468 g/mol. The van der Waals surface area contributed by atoms with Crippen molar-refractivity contribution in [3.8, 4) is 0 Å². The Balaban J connectivity index is 1.47.